The Morgan fingerprint density at radius 3 is 2.48 bits per heavy atom. The number of rotatable bonds is 6. The van der Waals surface area contributed by atoms with Gasteiger partial charge in [0.2, 0.25) is 10.0 Å². The molecule has 0 unspecified atom stereocenters. The molecule has 0 aliphatic carbocycles. The number of hydrogen-bond donors (Lipinski definition) is 2. The number of carbonyl (C=O) groups is 1. The molecule has 7 nitrogen and oxygen atoms in total. The van der Waals surface area contributed by atoms with Gasteiger partial charge in [-0.05, 0) is 42.5 Å². The minimum atomic E-state index is -3.73. The van der Waals surface area contributed by atoms with Crippen LogP contribution < -0.4 is 14.9 Å². The number of nitrogens with one attached hydrogen (secondary N) is 2. The molecule has 1 saturated heterocycles. The van der Waals surface area contributed by atoms with Crippen LogP contribution in [0.4, 0.5) is 15.8 Å². The Hall–Kier alpha value is -2.93. The third kappa shape index (κ3) is 5.12. The van der Waals surface area contributed by atoms with Gasteiger partial charge in [-0.1, -0.05) is 5.92 Å². The molecule has 29 heavy (non-hydrogen) atoms. The Morgan fingerprint density at radius 2 is 1.86 bits per heavy atom. The van der Waals surface area contributed by atoms with Crippen molar-refractivity contribution in [2.45, 2.75) is 4.90 Å². The maximum Gasteiger partial charge on any atom is 0.255 e. The molecule has 1 aliphatic rings. The second-order valence-corrected chi connectivity index (χ2v) is 8.04. The molecule has 1 heterocycles. The number of hydrogen-bond acceptors (Lipinski definition) is 5. The monoisotopic (exact) mass is 417 g/mol. The number of terminal acetylenes is 1. The van der Waals surface area contributed by atoms with E-state index in [2.05, 4.69) is 16.0 Å². The average molecular weight is 417 g/mol. The zero-order valence-corrected chi connectivity index (χ0v) is 16.3. The van der Waals surface area contributed by atoms with Crippen molar-refractivity contribution in [1.82, 2.24) is 4.72 Å². The fourth-order valence-corrected chi connectivity index (χ4v) is 3.79. The Kier molecular flexibility index (Phi) is 6.49. The highest BCUT2D eigenvalue weighted by atomic mass is 32.2. The van der Waals surface area contributed by atoms with Crippen LogP contribution in [0.15, 0.2) is 47.4 Å². The molecular formula is C20H20FN3O4S. The van der Waals surface area contributed by atoms with Crippen molar-refractivity contribution in [3.05, 3.63) is 53.8 Å². The molecule has 9 heteroatoms. The first kappa shape index (κ1) is 20.8. The lowest BCUT2D eigenvalue weighted by atomic mass is 10.2. The fraction of sp³-hybridized carbons (Fsp3) is 0.250. The van der Waals surface area contributed by atoms with Crippen LogP contribution in [0.25, 0.3) is 0 Å². The number of sulfonamides is 1. The van der Waals surface area contributed by atoms with Gasteiger partial charge >= 0.3 is 0 Å². The molecule has 152 valence electrons. The standard InChI is InChI=1S/C20H20FN3O4S/c1-2-9-22-29(26,27)17-6-3-15(4-7-17)20(25)23-16-5-8-19(18(21)14-16)24-10-12-28-13-11-24/h1,3-8,14,22H,9-13H2,(H,23,25). The van der Waals surface area contributed by atoms with Crippen LogP contribution in [0.3, 0.4) is 0 Å². The third-order valence-corrected chi connectivity index (χ3v) is 5.77. The van der Waals surface area contributed by atoms with Crippen molar-refractivity contribution in [2.75, 3.05) is 43.1 Å². The first-order valence-corrected chi connectivity index (χ1v) is 10.4. The molecule has 2 aromatic rings. The van der Waals surface area contributed by atoms with E-state index >= 15 is 0 Å². The average Bonchev–Trinajstić information content (AvgIpc) is 2.73. The van der Waals surface area contributed by atoms with Crippen molar-refractivity contribution < 1.29 is 22.3 Å². The molecule has 0 atom stereocenters. The van der Waals surface area contributed by atoms with Gasteiger partial charge in [-0.25, -0.2) is 12.8 Å². The third-order valence-electron chi connectivity index (χ3n) is 4.35. The van der Waals surface area contributed by atoms with Crippen LogP contribution in [-0.2, 0) is 14.8 Å². The van der Waals surface area contributed by atoms with Gasteiger partial charge in [0.15, 0.2) is 0 Å². The van der Waals surface area contributed by atoms with Gasteiger partial charge in [-0.2, -0.15) is 4.72 Å². The maximum atomic E-state index is 14.5. The van der Waals surface area contributed by atoms with Crippen molar-refractivity contribution >= 4 is 27.3 Å². The summed E-state index contributed by atoms with van der Waals surface area (Å²) in [5.74, 6) is 1.26. The molecular weight excluding hydrogens is 397 g/mol. The molecule has 1 fully saturated rings. The fourth-order valence-electron chi connectivity index (χ4n) is 2.85. The Balaban J connectivity index is 1.68. The van der Waals surface area contributed by atoms with E-state index in [9.17, 15) is 17.6 Å². The molecule has 1 amide bonds. The summed E-state index contributed by atoms with van der Waals surface area (Å²) in [6.45, 7) is 2.17. The molecule has 0 spiro atoms. The molecule has 2 N–H and O–H groups in total. The zero-order valence-electron chi connectivity index (χ0n) is 15.5. The van der Waals surface area contributed by atoms with Crippen LogP contribution in [0.5, 0.6) is 0 Å². The molecule has 0 radical (unpaired) electrons. The Morgan fingerprint density at radius 1 is 1.17 bits per heavy atom. The molecule has 3 rings (SSSR count). The summed E-state index contributed by atoms with van der Waals surface area (Å²) in [5, 5.41) is 2.61. The summed E-state index contributed by atoms with van der Waals surface area (Å²) in [5.41, 5.74) is 0.996. The highest BCUT2D eigenvalue weighted by Crippen LogP contribution is 2.24. The number of nitrogens with zero attached hydrogens (tertiary/aromatic N) is 1. The van der Waals surface area contributed by atoms with Gasteiger partial charge in [-0.3, -0.25) is 4.79 Å². The Bertz CT molecular complexity index is 1030. The molecule has 0 aromatic heterocycles. The van der Waals surface area contributed by atoms with Crippen LogP contribution in [-0.4, -0.2) is 47.2 Å². The zero-order chi connectivity index (χ0) is 20.9. The summed E-state index contributed by atoms with van der Waals surface area (Å²) >= 11 is 0. The molecule has 2 aromatic carbocycles. The van der Waals surface area contributed by atoms with Crippen LogP contribution in [0.1, 0.15) is 10.4 Å². The second kappa shape index (κ2) is 9.05. The quantitative estimate of drug-likeness (QED) is 0.701. The van der Waals surface area contributed by atoms with E-state index in [1.54, 1.807) is 12.1 Å². The van der Waals surface area contributed by atoms with E-state index in [0.717, 1.165) is 0 Å². The van der Waals surface area contributed by atoms with E-state index in [4.69, 9.17) is 11.2 Å². The Labute approximate surface area is 168 Å². The SMILES string of the molecule is C#CCNS(=O)(=O)c1ccc(C(=O)Nc2ccc(N3CCOCC3)c(F)c2)cc1. The van der Waals surface area contributed by atoms with Gasteiger partial charge in [-0.15, -0.1) is 6.42 Å². The van der Waals surface area contributed by atoms with Crippen LogP contribution >= 0.6 is 0 Å². The second-order valence-electron chi connectivity index (χ2n) is 6.27. The van der Waals surface area contributed by atoms with Crippen LogP contribution in [0, 0.1) is 18.2 Å². The predicted molar refractivity (Wildman–Crippen MR) is 108 cm³/mol. The van der Waals surface area contributed by atoms with E-state index < -0.39 is 21.7 Å². The van der Waals surface area contributed by atoms with E-state index in [0.29, 0.717) is 37.7 Å². The number of carbonyl (C=O) groups excluding carboxylic acids is 1. The van der Waals surface area contributed by atoms with Crippen molar-refractivity contribution in [1.29, 1.82) is 0 Å². The minimum Gasteiger partial charge on any atom is -0.378 e. The van der Waals surface area contributed by atoms with E-state index in [1.165, 1.54) is 30.3 Å². The van der Waals surface area contributed by atoms with Gasteiger partial charge in [0.25, 0.3) is 5.91 Å². The van der Waals surface area contributed by atoms with Gasteiger partial charge in [0.05, 0.1) is 30.3 Å². The minimum absolute atomic E-state index is 0.00907. The van der Waals surface area contributed by atoms with Gasteiger partial charge in [0, 0.05) is 24.3 Å². The van der Waals surface area contributed by atoms with Crippen molar-refractivity contribution in [2.24, 2.45) is 0 Å². The summed E-state index contributed by atoms with van der Waals surface area (Å²) in [7, 11) is -3.73. The lowest BCUT2D eigenvalue weighted by Crippen LogP contribution is -2.36. The van der Waals surface area contributed by atoms with Gasteiger partial charge in [0.1, 0.15) is 5.82 Å². The topological polar surface area (TPSA) is 87.7 Å². The smallest absolute Gasteiger partial charge is 0.255 e. The number of ether oxygens (including phenoxy) is 1. The highest BCUT2D eigenvalue weighted by molar-refractivity contribution is 7.89. The summed E-state index contributed by atoms with van der Waals surface area (Å²) < 4.78 is 46.0. The summed E-state index contributed by atoms with van der Waals surface area (Å²) in [6, 6.07) is 9.84. The number of amides is 1. The first-order valence-electron chi connectivity index (χ1n) is 8.87. The van der Waals surface area contributed by atoms with E-state index in [-0.39, 0.29) is 17.0 Å². The van der Waals surface area contributed by atoms with Crippen LogP contribution in [0.2, 0.25) is 0 Å². The molecule has 1 aliphatic heterocycles. The molecule has 0 saturated carbocycles. The summed E-state index contributed by atoms with van der Waals surface area (Å²) in [4.78, 5) is 14.3. The number of halogens is 1. The lowest BCUT2D eigenvalue weighted by Gasteiger charge is -2.29. The molecule has 0 bridgehead atoms. The maximum absolute atomic E-state index is 14.5. The predicted octanol–water partition coefficient (Wildman–Crippen LogP) is 1.83. The highest BCUT2D eigenvalue weighted by Gasteiger charge is 2.17. The largest absolute Gasteiger partial charge is 0.378 e. The number of benzene rings is 2. The van der Waals surface area contributed by atoms with E-state index in [1.807, 2.05) is 4.90 Å². The lowest BCUT2D eigenvalue weighted by molar-refractivity contribution is 0.102. The van der Waals surface area contributed by atoms with Crippen molar-refractivity contribution in [3.8, 4) is 12.3 Å². The number of anilines is 2. The normalized spacial score (nSPS) is 14.3. The van der Waals surface area contributed by atoms with Gasteiger partial charge < -0.3 is 15.0 Å². The summed E-state index contributed by atoms with van der Waals surface area (Å²) in [6.07, 6.45) is 5.05. The first-order chi connectivity index (χ1) is 13.9. The number of morpholine rings is 1. The van der Waals surface area contributed by atoms with Crippen molar-refractivity contribution in [3.63, 3.8) is 0 Å².